The topological polar surface area (TPSA) is 94.6 Å². The predicted octanol–water partition coefficient (Wildman–Crippen LogP) is 4.10. The second-order valence-corrected chi connectivity index (χ2v) is 5.92. The standard InChI is InChI=1S/C20H18N2O5/c1-13-11-18(14-7-9-16(10-8-14)22(24)25)27-19(13)20(23)21-12-15-5-3-4-6-17(15)26-2/h3-11H,12H2,1-2H3,(H,21,23). The minimum absolute atomic E-state index is 0.00296. The van der Waals surface area contributed by atoms with Crippen LogP contribution in [0, 0.1) is 17.0 Å². The Morgan fingerprint density at radius 3 is 2.56 bits per heavy atom. The first-order chi connectivity index (χ1) is 13.0. The van der Waals surface area contributed by atoms with Gasteiger partial charge in [-0.1, -0.05) is 18.2 Å². The molecule has 7 heteroatoms. The Morgan fingerprint density at radius 2 is 1.89 bits per heavy atom. The van der Waals surface area contributed by atoms with Crippen LogP contribution in [0.25, 0.3) is 11.3 Å². The second kappa shape index (κ2) is 7.74. The van der Waals surface area contributed by atoms with Crippen molar-refractivity contribution >= 4 is 11.6 Å². The smallest absolute Gasteiger partial charge is 0.287 e. The van der Waals surface area contributed by atoms with Crippen molar-refractivity contribution in [1.82, 2.24) is 5.32 Å². The number of hydrogen-bond acceptors (Lipinski definition) is 5. The summed E-state index contributed by atoms with van der Waals surface area (Å²) in [5.41, 5.74) is 2.19. The Balaban J connectivity index is 1.75. The molecule has 1 N–H and O–H groups in total. The van der Waals surface area contributed by atoms with Crippen molar-refractivity contribution < 1.29 is 18.9 Å². The van der Waals surface area contributed by atoms with E-state index in [2.05, 4.69) is 5.32 Å². The summed E-state index contributed by atoms with van der Waals surface area (Å²) in [4.78, 5) is 22.8. The van der Waals surface area contributed by atoms with Gasteiger partial charge in [0.15, 0.2) is 5.76 Å². The summed E-state index contributed by atoms with van der Waals surface area (Å²) in [6, 6.07) is 15.1. The molecule has 0 radical (unpaired) electrons. The number of nitrogens with zero attached hydrogens (tertiary/aromatic N) is 1. The second-order valence-electron chi connectivity index (χ2n) is 5.92. The zero-order valence-corrected chi connectivity index (χ0v) is 14.9. The number of methoxy groups -OCH3 is 1. The molecule has 3 rings (SSSR count). The van der Waals surface area contributed by atoms with Crippen molar-refractivity contribution in [3.05, 3.63) is 81.6 Å². The first kappa shape index (κ1) is 18.2. The summed E-state index contributed by atoms with van der Waals surface area (Å²) < 4.78 is 11.0. The van der Waals surface area contributed by atoms with Crippen molar-refractivity contribution in [2.24, 2.45) is 0 Å². The maximum atomic E-state index is 12.5. The Kier molecular flexibility index (Phi) is 5.21. The van der Waals surface area contributed by atoms with Crippen molar-refractivity contribution in [3.8, 4) is 17.1 Å². The summed E-state index contributed by atoms with van der Waals surface area (Å²) >= 11 is 0. The third kappa shape index (κ3) is 3.98. The molecule has 27 heavy (non-hydrogen) atoms. The Labute approximate surface area is 155 Å². The van der Waals surface area contributed by atoms with Crippen molar-refractivity contribution in [3.63, 3.8) is 0 Å². The number of furan rings is 1. The fraction of sp³-hybridized carbons (Fsp3) is 0.150. The highest BCUT2D eigenvalue weighted by Crippen LogP contribution is 2.27. The number of benzene rings is 2. The Morgan fingerprint density at radius 1 is 1.19 bits per heavy atom. The third-order valence-corrected chi connectivity index (χ3v) is 4.12. The van der Waals surface area contributed by atoms with E-state index in [1.807, 2.05) is 24.3 Å². The van der Waals surface area contributed by atoms with Gasteiger partial charge < -0.3 is 14.5 Å². The number of ether oxygens (including phenoxy) is 1. The van der Waals surface area contributed by atoms with Gasteiger partial charge in [0.2, 0.25) is 0 Å². The molecule has 138 valence electrons. The average molecular weight is 366 g/mol. The average Bonchev–Trinajstić information content (AvgIpc) is 3.08. The van der Waals surface area contributed by atoms with Crippen LogP contribution in [0.2, 0.25) is 0 Å². The molecule has 0 aliphatic rings. The number of carbonyl (C=O) groups is 1. The lowest BCUT2D eigenvalue weighted by atomic mass is 10.1. The number of para-hydroxylation sites is 1. The lowest BCUT2D eigenvalue weighted by molar-refractivity contribution is -0.384. The molecule has 2 aromatic carbocycles. The van der Waals surface area contributed by atoms with Gasteiger partial charge in [0.25, 0.3) is 11.6 Å². The number of rotatable bonds is 6. The van der Waals surface area contributed by atoms with Crippen LogP contribution in [0.4, 0.5) is 5.69 Å². The van der Waals surface area contributed by atoms with E-state index in [0.29, 0.717) is 29.2 Å². The molecule has 0 fully saturated rings. The van der Waals surface area contributed by atoms with Crippen LogP contribution in [0.5, 0.6) is 5.75 Å². The highest BCUT2D eigenvalue weighted by atomic mass is 16.6. The number of nitrogens with one attached hydrogen (secondary N) is 1. The molecule has 0 unspecified atom stereocenters. The SMILES string of the molecule is COc1ccccc1CNC(=O)c1oc(-c2ccc([N+](=O)[O-])cc2)cc1C. The molecular weight excluding hydrogens is 348 g/mol. The van der Waals surface area contributed by atoms with E-state index in [-0.39, 0.29) is 17.4 Å². The van der Waals surface area contributed by atoms with Gasteiger partial charge in [-0.15, -0.1) is 0 Å². The molecule has 0 bridgehead atoms. The molecule has 0 spiro atoms. The lowest BCUT2D eigenvalue weighted by Gasteiger charge is -2.09. The van der Waals surface area contributed by atoms with E-state index in [9.17, 15) is 14.9 Å². The molecule has 0 aliphatic carbocycles. The van der Waals surface area contributed by atoms with Gasteiger partial charge >= 0.3 is 0 Å². The summed E-state index contributed by atoms with van der Waals surface area (Å²) in [6.07, 6.45) is 0. The molecule has 7 nitrogen and oxygen atoms in total. The molecular formula is C20H18N2O5. The van der Waals surface area contributed by atoms with Gasteiger partial charge in [0, 0.05) is 35.4 Å². The van der Waals surface area contributed by atoms with Gasteiger partial charge in [-0.2, -0.15) is 0 Å². The van der Waals surface area contributed by atoms with Gasteiger partial charge in [-0.05, 0) is 31.2 Å². The summed E-state index contributed by atoms with van der Waals surface area (Å²) in [5.74, 6) is 1.04. The number of aryl methyl sites for hydroxylation is 1. The van der Waals surface area contributed by atoms with Crippen LogP contribution in [-0.4, -0.2) is 17.9 Å². The fourth-order valence-electron chi connectivity index (χ4n) is 2.70. The zero-order chi connectivity index (χ0) is 19.4. The Hall–Kier alpha value is -3.61. The minimum atomic E-state index is -0.464. The van der Waals surface area contributed by atoms with Crippen molar-refractivity contribution in [2.75, 3.05) is 7.11 Å². The normalized spacial score (nSPS) is 10.4. The fourth-order valence-corrected chi connectivity index (χ4v) is 2.70. The van der Waals surface area contributed by atoms with Crippen LogP contribution in [-0.2, 0) is 6.54 Å². The molecule has 1 heterocycles. The molecule has 0 atom stereocenters. The van der Waals surface area contributed by atoms with Gasteiger partial charge in [-0.3, -0.25) is 14.9 Å². The lowest BCUT2D eigenvalue weighted by Crippen LogP contribution is -2.23. The van der Waals surface area contributed by atoms with Crippen molar-refractivity contribution in [2.45, 2.75) is 13.5 Å². The zero-order valence-electron chi connectivity index (χ0n) is 14.9. The van der Waals surface area contributed by atoms with E-state index in [4.69, 9.17) is 9.15 Å². The number of hydrogen-bond donors (Lipinski definition) is 1. The number of non-ortho nitro benzene ring substituents is 1. The monoisotopic (exact) mass is 366 g/mol. The first-order valence-electron chi connectivity index (χ1n) is 8.25. The van der Waals surface area contributed by atoms with Gasteiger partial charge in [-0.25, -0.2) is 0 Å². The van der Waals surface area contributed by atoms with Crippen LogP contribution in [0.1, 0.15) is 21.7 Å². The third-order valence-electron chi connectivity index (χ3n) is 4.12. The molecule has 0 saturated heterocycles. The van der Waals surface area contributed by atoms with E-state index < -0.39 is 4.92 Å². The van der Waals surface area contributed by atoms with E-state index in [1.165, 1.54) is 12.1 Å². The largest absolute Gasteiger partial charge is 0.496 e. The molecule has 3 aromatic rings. The number of carbonyl (C=O) groups excluding carboxylic acids is 1. The molecule has 0 aliphatic heterocycles. The van der Waals surface area contributed by atoms with Crippen LogP contribution >= 0.6 is 0 Å². The molecule has 1 amide bonds. The minimum Gasteiger partial charge on any atom is -0.496 e. The number of amides is 1. The summed E-state index contributed by atoms with van der Waals surface area (Å²) in [7, 11) is 1.58. The molecule has 1 aromatic heterocycles. The van der Waals surface area contributed by atoms with Crippen molar-refractivity contribution in [1.29, 1.82) is 0 Å². The number of nitro benzene ring substituents is 1. The number of nitro groups is 1. The van der Waals surface area contributed by atoms with Crippen LogP contribution in [0.15, 0.2) is 59.0 Å². The molecule has 0 saturated carbocycles. The summed E-state index contributed by atoms with van der Waals surface area (Å²) in [5, 5.41) is 13.6. The maximum absolute atomic E-state index is 12.5. The van der Waals surface area contributed by atoms with E-state index in [1.54, 1.807) is 32.2 Å². The van der Waals surface area contributed by atoms with Gasteiger partial charge in [0.1, 0.15) is 11.5 Å². The van der Waals surface area contributed by atoms with Crippen LogP contribution in [0.3, 0.4) is 0 Å². The van der Waals surface area contributed by atoms with Gasteiger partial charge in [0.05, 0.1) is 12.0 Å². The quantitative estimate of drug-likeness (QED) is 0.523. The highest BCUT2D eigenvalue weighted by molar-refractivity contribution is 5.93. The van der Waals surface area contributed by atoms with E-state index >= 15 is 0 Å². The first-order valence-corrected chi connectivity index (χ1v) is 8.25. The Bertz CT molecular complexity index is 976. The van der Waals surface area contributed by atoms with Crippen LogP contribution < -0.4 is 10.1 Å². The summed E-state index contributed by atoms with van der Waals surface area (Å²) in [6.45, 7) is 2.08. The van der Waals surface area contributed by atoms with E-state index in [0.717, 1.165) is 5.56 Å². The predicted molar refractivity (Wildman–Crippen MR) is 99.7 cm³/mol. The highest BCUT2D eigenvalue weighted by Gasteiger charge is 2.17. The maximum Gasteiger partial charge on any atom is 0.287 e.